The van der Waals surface area contributed by atoms with Gasteiger partial charge in [-0.1, -0.05) is 6.08 Å². The highest BCUT2D eigenvalue weighted by Crippen LogP contribution is 2.33. The number of carbonyl (C=O) groups is 1. The van der Waals surface area contributed by atoms with Crippen molar-refractivity contribution < 1.29 is 13.2 Å². The van der Waals surface area contributed by atoms with E-state index >= 15 is 0 Å². The molecule has 1 spiro atoms. The topological polar surface area (TPSA) is 60.9 Å². The van der Waals surface area contributed by atoms with Crippen LogP contribution in [0.4, 0.5) is 0 Å². The largest absolute Gasteiger partial charge is 0.343 e. The molecule has 2 saturated heterocycles. The molecule has 19 heavy (non-hydrogen) atoms. The van der Waals surface area contributed by atoms with Gasteiger partial charge in [-0.05, 0) is 6.42 Å². The Balaban J connectivity index is 2.31. The van der Waals surface area contributed by atoms with Gasteiger partial charge in [0.25, 0.3) is 0 Å². The van der Waals surface area contributed by atoms with Gasteiger partial charge in [0.05, 0.1) is 6.26 Å². The second kappa shape index (κ2) is 4.88. The van der Waals surface area contributed by atoms with Crippen LogP contribution in [0.5, 0.6) is 0 Å². The maximum Gasteiger partial charge on any atom is 0.244 e. The van der Waals surface area contributed by atoms with Crippen molar-refractivity contribution in [3.8, 4) is 0 Å². The molecule has 108 valence electrons. The molecule has 2 fully saturated rings. The number of likely N-dealkylation sites (N-methyl/N-ethyl adjacent to an activating group) is 1. The molecular weight excluding hydrogens is 266 g/mol. The molecule has 7 heteroatoms. The number of hydrogen-bond donors (Lipinski definition) is 0. The van der Waals surface area contributed by atoms with Gasteiger partial charge < -0.3 is 4.90 Å². The van der Waals surface area contributed by atoms with Crippen molar-refractivity contribution in [3.63, 3.8) is 0 Å². The molecular formula is C12H21N3O3S. The summed E-state index contributed by atoms with van der Waals surface area (Å²) >= 11 is 0. The van der Waals surface area contributed by atoms with Crippen LogP contribution in [0.2, 0.25) is 0 Å². The molecule has 1 unspecified atom stereocenters. The van der Waals surface area contributed by atoms with Gasteiger partial charge >= 0.3 is 0 Å². The Labute approximate surface area is 114 Å². The van der Waals surface area contributed by atoms with Crippen molar-refractivity contribution in [3.05, 3.63) is 12.7 Å². The Bertz CT molecular complexity index is 490. The summed E-state index contributed by atoms with van der Waals surface area (Å²) in [5.41, 5.74) is -0.704. The first kappa shape index (κ1) is 14.5. The van der Waals surface area contributed by atoms with E-state index in [4.69, 9.17) is 0 Å². The van der Waals surface area contributed by atoms with Crippen LogP contribution in [-0.4, -0.2) is 80.0 Å². The normalized spacial score (nSPS) is 30.2. The summed E-state index contributed by atoms with van der Waals surface area (Å²) in [4.78, 5) is 16.3. The van der Waals surface area contributed by atoms with Crippen molar-refractivity contribution in [1.29, 1.82) is 0 Å². The molecule has 2 heterocycles. The molecule has 0 aromatic carbocycles. The van der Waals surface area contributed by atoms with E-state index in [1.807, 2.05) is 0 Å². The molecule has 2 aliphatic heterocycles. The molecule has 0 aliphatic carbocycles. The maximum atomic E-state index is 12.5. The third-order valence-electron chi connectivity index (χ3n) is 4.09. The minimum Gasteiger partial charge on any atom is -0.343 e. The predicted molar refractivity (Wildman–Crippen MR) is 73.2 cm³/mol. The average Bonchev–Trinajstić information content (AvgIpc) is 2.77. The van der Waals surface area contributed by atoms with Gasteiger partial charge in [-0.25, -0.2) is 8.42 Å². The number of hydrogen-bond acceptors (Lipinski definition) is 4. The fraction of sp³-hybridized carbons (Fsp3) is 0.750. The number of nitrogens with zero attached hydrogens (tertiary/aromatic N) is 3. The summed E-state index contributed by atoms with van der Waals surface area (Å²) in [5.74, 6) is 0.0201. The van der Waals surface area contributed by atoms with Gasteiger partial charge in [0.1, 0.15) is 5.54 Å². The van der Waals surface area contributed by atoms with Gasteiger partial charge in [-0.15, -0.1) is 6.58 Å². The van der Waals surface area contributed by atoms with E-state index in [1.165, 1.54) is 10.6 Å². The minimum atomic E-state index is -3.25. The molecule has 2 aliphatic rings. The van der Waals surface area contributed by atoms with E-state index in [1.54, 1.807) is 18.0 Å². The van der Waals surface area contributed by atoms with E-state index in [0.29, 0.717) is 26.1 Å². The minimum absolute atomic E-state index is 0.0201. The Kier molecular flexibility index (Phi) is 3.72. The van der Waals surface area contributed by atoms with Gasteiger partial charge in [-0.2, -0.15) is 4.31 Å². The van der Waals surface area contributed by atoms with Crippen molar-refractivity contribution in [2.75, 3.05) is 46.0 Å². The summed E-state index contributed by atoms with van der Waals surface area (Å²) in [5, 5.41) is 0. The Morgan fingerprint density at radius 3 is 2.58 bits per heavy atom. The lowest BCUT2D eigenvalue weighted by Gasteiger charge is -2.46. The zero-order valence-electron chi connectivity index (χ0n) is 11.5. The van der Waals surface area contributed by atoms with Crippen LogP contribution in [0.1, 0.15) is 6.42 Å². The zero-order chi connectivity index (χ0) is 14.3. The van der Waals surface area contributed by atoms with Crippen molar-refractivity contribution in [1.82, 2.24) is 14.1 Å². The van der Waals surface area contributed by atoms with Crippen LogP contribution in [0, 0.1) is 0 Å². The molecule has 0 N–H and O–H groups in total. The highest BCUT2D eigenvalue weighted by molar-refractivity contribution is 7.88. The Hall–Kier alpha value is -0.920. The van der Waals surface area contributed by atoms with E-state index in [2.05, 4.69) is 11.5 Å². The van der Waals surface area contributed by atoms with Crippen LogP contribution in [0.25, 0.3) is 0 Å². The lowest BCUT2D eigenvalue weighted by Crippen LogP contribution is -2.66. The van der Waals surface area contributed by atoms with E-state index in [0.717, 1.165) is 6.54 Å². The molecule has 6 nitrogen and oxygen atoms in total. The van der Waals surface area contributed by atoms with Crippen LogP contribution in [-0.2, 0) is 14.8 Å². The molecule has 0 aromatic rings. The third kappa shape index (κ3) is 2.42. The maximum absolute atomic E-state index is 12.5. The molecule has 1 amide bonds. The van der Waals surface area contributed by atoms with Crippen LogP contribution >= 0.6 is 0 Å². The van der Waals surface area contributed by atoms with Crippen LogP contribution in [0.15, 0.2) is 12.7 Å². The highest BCUT2D eigenvalue weighted by Gasteiger charge is 2.53. The standard InChI is InChI=1S/C12H21N3O3S/c1-4-6-14-9-8-13(2)11(16)12(14)5-7-15(10-12)19(3,17)18/h4H,1,5-10H2,2-3H3. The number of piperazine rings is 1. The van der Waals surface area contributed by atoms with E-state index in [-0.39, 0.29) is 12.5 Å². The van der Waals surface area contributed by atoms with Crippen molar-refractivity contribution in [2.45, 2.75) is 12.0 Å². The number of carbonyl (C=O) groups excluding carboxylic acids is 1. The summed E-state index contributed by atoms with van der Waals surface area (Å²) in [7, 11) is -1.47. The molecule has 0 aromatic heterocycles. The highest BCUT2D eigenvalue weighted by atomic mass is 32.2. The summed E-state index contributed by atoms with van der Waals surface area (Å²) in [6, 6.07) is 0. The zero-order valence-corrected chi connectivity index (χ0v) is 12.3. The SMILES string of the molecule is C=CCN1CCN(C)C(=O)C12CCN(S(C)(=O)=O)C2. The molecule has 1 atom stereocenters. The first-order valence-corrected chi connectivity index (χ1v) is 8.23. The second-order valence-corrected chi connectivity index (χ2v) is 7.32. The van der Waals surface area contributed by atoms with Gasteiger partial charge in [0, 0.05) is 39.8 Å². The van der Waals surface area contributed by atoms with Crippen LogP contribution in [0.3, 0.4) is 0 Å². The fourth-order valence-corrected chi connectivity index (χ4v) is 3.84. The van der Waals surface area contributed by atoms with Crippen molar-refractivity contribution >= 4 is 15.9 Å². The Morgan fingerprint density at radius 2 is 2.05 bits per heavy atom. The average molecular weight is 287 g/mol. The molecule has 0 radical (unpaired) electrons. The number of amides is 1. The molecule has 2 rings (SSSR count). The fourth-order valence-electron chi connectivity index (χ4n) is 2.97. The quantitative estimate of drug-likeness (QED) is 0.647. The Morgan fingerprint density at radius 1 is 1.37 bits per heavy atom. The first-order chi connectivity index (χ1) is 8.81. The number of sulfonamides is 1. The first-order valence-electron chi connectivity index (χ1n) is 6.38. The number of rotatable bonds is 3. The van der Waals surface area contributed by atoms with E-state index < -0.39 is 15.6 Å². The van der Waals surface area contributed by atoms with E-state index in [9.17, 15) is 13.2 Å². The predicted octanol–water partition coefficient (Wildman–Crippen LogP) is -0.649. The lowest BCUT2D eigenvalue weighted by molar-refractivity contribution is -0.148. The second-order valence-electron chi connectivity index (χ2n) is 5.34. The van der Waals surface area contributed by atoms with Gasteiger partial charge in [0.15, 0.2) is 0 Å². The molecule has 0 saturated carbocycles. The lowest BCUT2D eigenvalue weighted by atomic mass is 9.91. The van der Waals surface area contributed by atoms with Crippen molar-refractivity contribution in [2.24, 2.45) is 0 Å². The summed E-state index contributed by atoms with van der Waals surface area (Å²) < 4.78 is 24.8. The van der Waals surface area contributed by atoms with Crippen LogP contribution < -0.4 is 0 Å². The monoisotopic (exact) mass is 287 g/mol. The molecule has 0 bridgehead atoms. The smallest absolute Gasteiger partial charge is 0.244 e. The van der Waals surface area contributed by atoms with Gasteiger partial charge in [0.2, 0.25) is 15.9 Å². The summed E-state index contributed by atoms with van der Waals surface area (Å²) in [6.07, 6.45) is 3.52. The summed E-state index contributed by atoms with van der Waals surface area (Å²) in [6.45, 7) is 6.42. The third-order valence-corrected chi connectivity index (χ3v) is 5.34. The van der Waals surface area contributed by atoms with Gasteiger partial charge in [-0.3, -0.25) is 9.69 Å².